The van der Waals surface area contributed by atoms with Gasteiger partial charge in [-0.1, -0.05) is 329 Å². The lowest BCUT2D eigenvalue weighted by Gasteiger charge is -2.27. The standard InChI is InChI=1S/C20H22N2O3.6C10H20O2/c1-2-3-14-20(15-23)18(24)21(16-10-6-4-7-11-16)22(19(20)25)17-12-8-5-9-13-17;6*1-2-3-4-5-6-7-8-9-10(11)12/h4-13,23H,2-3,14-15H2,1H3;6*2-9H2,1H3,(H,11,12). The van der Waals surface area contributed by atoms with Gasteiger partial charge in [0.05, 0.1) is 18.0 Å². The van der Waals surface area contributed by atoms with Crippen molar-refractivity contribution in [2.24, 2.45) is 5.41 Å². The molecule has 1 fully saturated rings. The van der Waals surface area contributed by atoms with E-state index in [1.807, 2.05) is 43.3 Å². The van der Waals surface area contributed by atoms with Gasteiger partial charge in [-0.2, -0.15) is 0 Å². The van der Waals surface area contributed by atoms with Crippen molar-refractivity contribution in [2.75, 3.05) is 16.6 Å². The van der Waals surface area contributed by atoms with Crippen LogP contribution in [0.2, 0.25) is 0 Å². The average Bonchev–Trinajstić information content (AvgIpc) is 1.58. The molecule has 97 heavy (non-hydrogen) atoms. The third kappa shape index (κ3) is 64.6. The maximum absolute atomic E-state index is 13.3. The van der Waals surface area contributed by atoms with Crippen molar-refractivity contribution in [3.63, 3.8) is 0 Å². The highest BCUT2D eigenvalue weighted by molar-refractivity contribution is 6.26. The summed E-state index contributed by atoms with van der Waals surface area (Å²) in [6.07, 6.45) is 53.7. The molecular formula is C80H142N2O15. The molecule has 0 saturated carbocycles. The predicted molar refractivity (Wildman–Crippen MR) is 398 cm³/mol. The number of carbonyl (C=O) groups excluding carboxylic acids is 2. The number of unbranched alkanes of at least 4 members (excludes halogenated alkanes) is 37. The summed E-state index contributed by atoms with van der Waals surface area (Å²) in [6.45, 7) is 14.7. The summed E-state index contributed by atoms with van der Waals surface area (Å²) in [6, 6.07) is 18.1. The highest BCUT2D eigenvalue weighted by Crippen LogP contribution is 2.41. The van der Waals surface area contributed by atoms with E-state index in [4.69, 9.17) is 30.6 Å². The molecule has 2 aromatic rings. The maximum Gasteiger partial charge on any atom is 0.303 e. The first-order chi connectivity index (χ1) is 46.8. The average molecular weight is 1370 g/mol. The van der Waals surface area contributed by atoms with Gasteiger partial charge in [-0.25, -0.2) is 10.0 Å². The van der Waals surface area contributed by atoms with Gasteiger partial charge in [0.15, 0.2) is 5.41 Å². The summed E-state index contributed by atoms with van der Waals surface area (Å²) in [5.41, 5.74) is -0.199. The number of para-hydroxylation sites is 2. The summed E-state index contributed by atoms with van der Waals surface area (Å²) in [5, 5.41) is 62.9. The molecule has 17 heteroatoms. The van der Waals surface area contributed by atoms with Crippen LogP contribution in [0.15, 0.2) is 60.7 Å². The first-order valence-electron chi connectivity index (χ1n) is 38.5. The lowest BCUT2D eigenvalue weighted by atomic mass is 9.82. The summed E-state index contributed by atoms with van der Waals surface area (Å²) in [7, 11) is 0. The van der Waals surface area contributed by atoms with Crippen LogP contribution in [-0.2, 0) is 38.4 Å². The Morgan fingerprint density at radius 1 is 0.268 bits per heavy atom. The normalized spacial score (nSPS) is 11.8. The number of hydrazine groups is 1. The second-order valence-corrected chi connectivity index (χ2v) is 25.8. The number of aliphatic hydroxyl groups is 1. The van der Waals surface area contributed by atoms with E-state index in [2.05, 4.69) is 41.5 Å². The van der Waals surface area contributed by atoms with E-state index in [9.17, 15) is 43.5 Å². The molecule has 1 saturated heterocycles. The monoisotopic (exact) mass is 1370 g/mol. The minimum absolute atomic E-state index is 0.338. The molecule has 2 aromatic carbocycles. The zero-order chi connectivity index (χ0) is 73.3. The Bertz CT molecular complexity index is 1870. The van der Waals surface area contributed by atoms with Crippen molar-refractivity contribution in [3.8, 4) is 0 Å². The number of carbonyl (C=O) groups is 8. The number of amides is 2. The van der Waals surface area contributed by atoms with E-state index >= 15 is 0 Å². The fraction of sp³-hybridized carbons (Fsp3) is 0.750. The Morgan fingerprint density at radius 3 is 0.588 bits per heavy atom. The van der Waals surface area contributed by atoms with E-state index in [1.54, 1.807) is 24.3 Å². The van der Waals surface area contributed by atoms with Gasteiger partial charge in [-0.15, -0.1) is 0 Å². The molecule has 2 amide bonds. The Morgan fingerprint density at radius 2 is 0.433 bits per heavy atom. The van der Waals surface area contributed by atoms with Crippen molar-refractivity contribution in [1.82, 2.24) is 0 Å². The number of hydrogen-bond acceptors (Lipinski definition) is 9. The lowest BCUT2D eigenvalue weighted by Crippen LogP contribution is -2.41. The first-order valence-corrected chi connectivity index (χ1v) is 38.5. The van der Waals surface area contributed by atoms with Crippen molar-refractivity contribution in [1.29, 1.82) is 0 Å². The van der Waals surface area contributed by atoms with Gasteiger partial charge in [0, 0.05) is 38.5 Å². The number of anilines is 2. The number of aliphatic hydroxyl groups excluding tert-OH is 1. The number of nitrogens with zero attached hydrogens (tertiary/aromatic N) is 2. The number of rotatable bonds is 54. The fourth-order valence-corrected chi connectivity index (χ4v) is 10.6. The Labute approximate surface area is 589 Å². The van der Waals surface area contributed by atoms with Gasteiger partial charge < -0.3 is 35.7 Å². The number of hydrogen-bond donors (Lipinski definition) is 7. The molecule has 3 rings (SSSR count). The quantitative estimate of drug-likeness (QED) is 0.0239. The second-order valence-electron chi connectivity index (χ2n) is 25.8. The Balaban J connectivity index is -0.000000535. The largest absolute Gasteiger partial charge is 0.481 e. The molecule has 0 bridgehead atoms. The number of carboxylic acid groups (broad SMARTS) is 6. The molecular weight excluding hydrogens is 1230 g/mol. The van der Waals surface area contributed by atoms with Gasteiger partial charge in [0.1, 0.15) is 0 Å². The highest BCUT2D eigenvalue weighted by atomic mass is 16.4. The first kappa shape index (κ1) is 97.5. The summed E-state index contributed by atoms with van der Waals surface area (Å²) in [5.74, 6) is -4.72. The van der Waals surface area contributed by atoms with Crippen LogP contribution in [0, 0.1) is 5.41 Å². The van der Waals surface area contributed by atoms with Gasteiger partial charge in [0.2, 0.25) is 0 Å². The van der Waals surface area contributed by atoms with Crippen molar-refractivity contribution >= 4 is 59.0 Å². The third-order valence-corrected chi connectivity index (χ3v) is 16.6. The van der Waals surface area contributed by atoms with Crippen LogP contribution < -0.4 is 10.0 Å². The second kappa shape index (κ2) is 74.4. The van der Waals surface area contributed by atoms with Crippen LogP contribution in [0.1, 0.15) is 376 Å². The van der Waals surface area contributed by atoms with Crippen LogP contribution in [0.4, 0.5) is 11.4 Å². The molecule has 0 atom stereocenters. The van der Waals surface area contributed by atoms with E-state index in [0.29, 0.717) is 62.7 Å². The highest BCUT2D eigenvalue weighted by Gasteiger charge is 2.58. The topological polar surface area (TPSA) is 285 Å². The van der Waals surface area contributed by atoms with Gasteiger partial charge >= 0.3 is 35.8 Å². The zero-order valence-corrected chi connectivity index (χ0v) is 62.3. The molecule has 1 aliphatic heterocycles. The summed E-state index contributed by atoms with van der Waals surface area (Å²) in [4.78, 5) is 87.3. The number of benzene rings is 2. The van der Waals surface area contributed by atoms with Crippen LogP contribution in [0.25, 0.3) is 0 Å². The Kier molecular flexibility index (Phi) is 74.8. The van der Waals surface area contributed by atoms with Crippen LogP contribution in [0.5, 0.6) is 0 Å². The molecule has 1 aliphatic rings. The zero-order valence-electron chi connectivity index (χ0n) is 62.3. The molecule has 562 valence electrons. The molecule has 0 unspecified atom stereocenters. The summed E-state index contributed by atoms with van der Waals surface area (Å²) >= 11 is 0. The molecule has 0 radical (unpaired) electrons. The third-order valence-electron chi connectivity index (χ3n) is 16.6. The van der Waals surface area contributed by atoms with Gasteiger partial charge in [-0.3, -0.25) is 38.4 Å². The molecule has 17 nitrogen and oxygen atoms in total. The lowest BCUT2D eigenvalue weighted by molar-refractivity contribution is -0.139. The van der Waals surface area contributed by atoms with Crippen LogP contribution in [-0.4, -0.2) is 90.0 Å². The molecule has 1 heterocycles. The SMILES string of the molecule is CCCCC1(CO)C(=O)N(c2ccccc2)N(c2ccccc2)C1=O.CCCCCCCCCC(=O)O.CCCCCCCCCC(=O)O.CCCCCCCCCC(=O)O.CCCCCCCCCC(=O)O.CCCCCCCCCC(=O)O.CCCCCCCCCC(=O)O. The predicted octanol–water partition coefficient (Wildman–Crippen LogP) is 22.4. The Hall–Kier alpha value is -5.84. The van der Waals surface area contributed by atoms with Crippen LogP contribution in [0.3, 0.4) is 0 Å². The van der Waals surface area contributed by atoms with E-state index in [1.165, 1.54) is 203 Å². The minimum atomic E-state index is -1.41. The molecule has 7 N–H and O–H groups in total. The molecule has 0 aliphatic carbocycles. The maximum atomic E-state index is 13.3. The molecule has 0 spiro atoms. The van der Waals surface area contributed by atoms with Crippen molar-refractivity contribution in [2.45, 2.75) is 376 Å². The van der Waals surface area contributed by atoms with E-state index < -0.39 is 47.8 Å². The fourth-order valence-electron chi connectivity index (χ4n) is 10.6. The van der Waals surface area contributed by atoms with E-state index in [0.717, 1.165) is 83.5 Å². The number of aliphatic carboxylic acids is 6. The van der Waals surface area contributed by atoms with Crippen molar-refractivity contribution in [3.05, 3.63) is 60.7 Å². The van der Waals surface area contributed by atoms with Crippen LogP contribution >= 0.6 is 0 Å². The minimum Gasteiger partial charge on any atom is -0.481 e. The van der Waals surface area contributed by atoms with Gasteiger partial charge in [-0.05, 0) is 69.2 Å². The summed E-state index contributed by atoms with van der Waals surface area (Å²) < 4.78 is 0. The van der Waals surface area contributed by atoms with E-state index in [-0.39, 0.29) is 11.8 Å². The molecule has 0 aromatic heterocycles. The number of carboxylic acids is 6. The van der Waals surface area contributed by atoms with Gasteiger partial charge in [0.25, 0.3) is 11.8 Å². The van der Waals surface area contributed by atoms with Crippen molar-refractivity contribution < 1.29 is 74.1 Å². The smallest absolute Gasteiger partial charge is 0.303 e.